The smallest absolute Gasteiger partial charge is 0.105 e. The second-order valence-electron chi connectivity index (χ2n) is 0.519. The summed E-state index contributed by atoms with van der Waals surface area (Å²) in [4.78, 5) is -0.222. The van der Waals surface area contributed by atoms with E-state index in [0.29, 0.717) is 0 Å². The minimum absolute atomic E-state index is 0.222. The van der Waals surface area contributed by atoms with Gasteiger partial charge < -0.3 is 0 Å². The molecule has 0 saturated carbocycles. The number of rotatable bonds is 0. The lowest BCUT2D eigenvalue weighted by Gasteiger charge is -1.72. The van der Waals surface area contributed by atoms with Gasteiger partial charge in [-0.1, -0.05) is 0 Å². The lowest BCUT2D eigenvalue weighted by atomic mass is 11.0. The van der Waals surface area contributed by atoms with Crippen LogP contribution in [0.25, 0.3) is 0 Å². The molecule has 0 aliphatic heterocycles. The van der Waals surface area contributed by atoms with Crippen LogP contribution in [-0.2, 0) is 0 Å². The van der Waals surface area contributed by atoms with E-state index in [1.54, 1.807) is 6.92 Å². The first-order valence-corrected chi connectivity index (χ1v) is 2.22. The summed E-state index contributed by atoms with van der Waals surface area (Å²) >= 11 is 10.1. The molecule has 0 aromatic carbocycles. The topological polar surface area (TPSA) is 52.0 Å². The molecule has 0 saturated heterocycles. The van der Waals surface area contributed by atoms with Gasteiger partial charge in [-0.25, -0.2) is 0 Å². The van der Waals surface area contributed by atoms with Crippen LogP contribution in [0.15, 0.2) is 0 Å². The Morgan fingerprint density at radius 1 is 1.33 bits per heavy atom. The van der Waals surface area contributed by atoms with Gasteiger partial charge in [-0.2, -0.15) is 0 Å². The molecular weight excluding hydrogens is 123 g/mol. The van der Waals surface area contributed by atoms with Crippen molar-refractivity contribution in [3.8, 4) is 0 Å². The lowest BCUT2D eigenvalue weighted by molar-refractivity contribution is 1.26. The Morgan fingerprint density at radius 3 is 1.33 bits per heavy atom. The molecule has 0 amide bonds. The van der Waals surface area contributed by atoms with Gasteiger partial charge in [-0.3, -0.25) is 11.7 Å². The molecule has 0 radical (unpaired) electrons. The maximum absolute atomic E-state index is 5.04. The first kappa shape index (κ1) is 9.71. The van der Waals surface area contributed by atoms with Crippen LogP contribution in [0.1, 0.15) is 6.92 Å². The summed E-state index contributed by atoms with van der Waals surface area (Å²) in [5, 5.41) is 0. The lowest BCUT2D eigenvalue weighted by Crippen LogP contribution is -2.02. The van der Waals surface area contributed by atoms with E-state index in [9.17, 15) is 0 Å². The SMILES string of the molecule is CC(Cl)Cl.NN. The summed E-state index contributed by atoms with van der Waals surface area (Å²) in [6.07, 6.45) is 0. The van der Waals surface area contributed by atoms with Gasteiger partial charge in [0.15, 0.2) is 0 Å². The van der Waals surface area contributed by atoms with Gasteiger partial charge in [0.2, 0.25) is 0 Å². The fraction of sp³-hybridized carbons (Fsp3) is 1.00. The van der Waals surface area contributed by atoms with E-state index in [2.05, 4.69) is 11.7 Å². The molecule has 0 aromatic heterocycles. The van der Waals surface area contributed by atoms with Crippen molar-refractivity contribution in [1.82, 2.24) is 0 Å². The van der Waals surface area contributed by atoms with E-state index in [1.807, 2.05) is 0 Å². The van der Waals surface area contributed by atoms with E-state index in [0.717, 1.165) is 0 Å². The standard InChI is InChI=1S/C2H4Cl2.H4N2/c1-2(3)4;1-2/h2H,1H3;1-2H2. The van der Waals surface area contributed by atoms with E-state index < -0.39 is 0 Å². The van der Waals surface area contributed by atoms with Crippen molar-refractivity contribution < 1.29 is 0 Å². The first-order chi connectivity index (χ1) is 2.73. The molecule has 0 atom stereocenters. The average molecular weight is 131 g/mol. The predicted octanol–water partition coefficient (Wildman–Crippen LogP) is 0.629. The number of alkyl halides is 2. The van der Waals surface area contributed by atoms with Gasteiger partial charge in [0.05, 0.1) is 0 Å². The van der Waals surface area contributed by atoms with Crippen LogP contribution >= 0.6 is 23.2 Å². The largest absolute Gasteiger partial charge is 0.274 e. The average Bonchev–Trinajstić information content (AvgIpc) is 1.41. The molecule has 0 aliphatic rings. The van der Waals surface area contributed by atoms with Gasteiger partial charge in [-0.05, 0) is 6.92 Å². The molecule has 0 heterocycles. The Hall–Kier alpha value is 0.500. The fourth-order valence-electron chi connectivity index (χ4n) is 0. The van der Waals surface area contributed by atoms with Gasteiger partial charge in [-0.15, -0.1) is 23.2 Å². The summed E-state index contributed by atoms with van der Waals surface area (Å²) in [6.45, 7) is 1.70. The van der Waals surface area contributed by atoms with Crippen molar-refractivity contribution in [1.29, 1.82) is 0 Å². The summed E-state index contributed by atoms with van der Waals surface area (Å²) in [5.74, 6) is 8.00. The molecular formula is C2H8Cl2N2. The summed E-state index contributed by atoms with van der Waals surface area (Å²) in [7, 11) is 0. The third kappa shape index (κ3) is 221. The maximum Gasteiger partial charge on any atom is 0.105 e. The summed E-state index contributed by atoms with van der Waals surface area (Å²) < 4.78 is 0. The monoisotopic (exact) mass is 130 g/mol. The van der Waals surface area contributed by atoms with Crippen molar-refractivity contribution in [2.45, 2.75) is 11.8 Å². The van der Waals surface area contributed by atoms with Crippen molar-refractivity contribution in [2.24, 2.45) is 11.7 Å². The molecule has 0 bridgehead atoms. The second kappa shape index (κ2) is 9.09. The Bertz CT molecular complexity index is 14.3. The molecule has 0 fully saturated rings. The normalized spacial score (nSPS) is 7.00. The van der Waals surface area contributed by atoms with Crippen LogP contribution in [-0.4, -0.2) is 4.84 Å². The van der Waals surface area contributed by atoms with Crippen LogP contribution in [0.2, 0.25) is 0 Å². The third-order valence-corrected chi connectivity index (χ3v) is 0. The van der Waals surface area contributed by atoms with Crippen molar-refractivity contribution in [2.75, 3.05) is 0 Å². The minimum Gasteiger partial charge on any atom is -0.274 e. The van der Waals surface area contributed by atoms with E-state index in [1.165, 1.54) is 0 Å². The van der Waals surface area contributed by atoms with Crippen LogP contribution in [0, 0.1) is 0 Å². The van der Waals surface area contributed by atoms with E-state index in [-0.39, 0.29) is 4.84 Å². The van der Waals surface area contributed by atoms with E-state index in [4.69, 9.17) is 23.2 Å². The van der Waals surface area contributed by atoms with Crippen molar-refractivity contribution in [3.63, 3.8) is 0 Å². The van der Waals surface area contributed by atoms with E-state index >= 15 is 0 Å². The summed E-state index contributed by atoms with van der Waals surface area (Å²) in [6, 6.07) is 0. The second-order valence-corrected chi connectivity index (χ2v) is 2.05. The Labute approximate surface area is 47.4 Å². The number of hydrogen-bond donors (Lipinski definition) is 2. The van der Waals surface area contributed by atoms with Crippen LogP contribution in [0.3, 0.4) is 0 Å². The Balaban J connectivity index is 0. The zero-order valence-electron chi connectivity index (χ0n) is 3.49. The highest BCUT2D eigenvalue weighted by Gasteiger charge is 1.75. The molecule has 40 valence electrons. The van der Waals surface area contributed by atoms with Crippen molar-refractivity contribution in [3.05, 3.63) is 0 Å². The van der Waals surface area contributed by atoms with Crippen molar-refractivity contribution >= 4 is 23.2 Å². The predicted molar refractivity (Wildman–Crippen MR) is 29.5 cm³/mol. The number of halogens is 2. The molecule has 0 aliphatic carbocycles. The molecule has 0 aromatic rings. The Kier molecular flexibility index (Phi) is 14.7. The molecule has 0 unspecified atom stereocenters. The zero-order chi connectivity index (χ0) is 5.58. The highest BCUT2D eigenvalue weighted by atomic mass is 35.5. The number of nitrogens with two attached hydrogens (primary N) is 2. The molecule has 6 heavy (non-hydrogen) atoms. The third-order valence-electron chi connectivity index (χ3n) is 0. The quantitative estimate of drug-likeness (QED) is 0.287. The molecule has 0 rings (SSSR count). The zero-order valence-corrected chi connectivity index (χ0v) is 5.00. The maximum atomic E-state index is 5.04. The van der Waals surface area contributed by atoms with Gasteiger partial charge >= 0.3 is 0 Å². The molecule has 2 nitrogen and oxygen atoms in total. The summed E-state index contributed by atoms with van der Waals surface area (Å²) in [5.41, 5.74) is 0. The Morgan fingerprint density at radius 2 is 1.33 bits per heavy atom. The van der Waals surface area contributed by atoms with Crippen LogP contribution < -0.4 is 11.7 Å². The number of hydrogen-bond acceptors (Lipinski definition) is 2. The minimum atomic E-state index is -0.222. The highest BCUT2D eigenvalue weighted by molar-refractivity contribution is 6.43. The molecule has 0 spiro atoms. The highest BCUT2D eigenvalue weighted by Crippen LogP contribution is 1.95. The van der Waals surface area contributed by atoms with Crippen LogP contribution in [0.5, 0.6) is 0 Å². The van der Waals surface area contributed by atoms with Gasteiger partial charge in [0.1, 0.15) is 4.84 Å². The van der Waals surface area contributed by atoms with Gasteiger partial charge in [0.25, 0.3) is 0 Å². The fourth-order valence-corrected chi connectivity index (χ4v) is 0. The van der Waals surface area contributed by atoms with Crippen LogP contribution in [0.4, 0.5) is 0 Å². The van der Waals surface area contributed by atoms with Gasteiger partial charge in [0, 0.05) is 0 Å². The first-order valence-electron chi connectivity index (χ1n) is 1.35. The number of hydrazine groups is 1. The molecule has 4 heteroatoms. The molecule has 4 N–H and O–H groups in total.